The molecule has 0 aliphatic carbocycles. The highest BCUT2D eigenvalue weighted by Gasteiger charge is 2.35. The van der Waals surface area contributed by atoms with Crippen molar-refractivity contribution in [3.8, 4) is 11.4 Å². The maximum absolute atomic E-state index is 13.2. The molecular weight excluding hydrogens is 417 g/mol. The number of benzene rings is 2. The van der Waals surface area contributed by atoms with Crippen molar-refractivity contribution in [2.24, 2.45) is 10.8 Å². The van der Waals surface area contributed by atoms with E-state index in [-0.39, 0.29) is 18.1 Å². The third-order valence-corrected chi connectivity index (χ3v) is 4.81. The van der Waals surface area contributed by atoms with Crippen molar-refractivity contribution in [2.45, 2.75) is 12.5 Å². The third-order valence-electron chi connectivity index (χ3n) is 4.12. The minimum absolute atomic E-state index is 0.205. The number of hydrogen-bond donors (Lipinski definition) is 1. The summed E-state index contributed by atoms with van der Waals surface area (Å²) in [6.07, 6.45) is 0.213. The van der Waals surface area contributed by atoms with Crippen LogP contribution in [0, 0.1) is 5.82 Å². The summed E-state index contributed by atoms with van der Waals surface area (Å²) in [5.41, 5.74) is 7.26. The normalized spacial score (nSPS) is 16.4. The van der Waals surface area contributed by atoms with Crippen molar-refractivity contribution in [3.63, 3.8) is 0 Å². The van der Waals surface area contributed by atoms with Crippen molar-refractivity contribution >= 4 is 33.2 Å². The van der Waals surface area contributed by atoms with E-state index >= 15 is 0 Å². The lowest BCUT2D eigenvalue weighted by molar-refractivity contribution is -0.119. The molecule has 1 aliphatic heterocycles. The number of halogens is 2. The number of nitrogens with zero attached hydrogens (tertiary/aromatic N) is 4. The fraction of sp³-hybridized carbons (Fsp3) is 0.111. The molecule has 0 saturated heterocycles. The van der Waals surface area contributed by atoms with Crippen molar-refractivity contribution < 1.29 is 13.7 Å². The second-order valence-corrected chi connectivity index (χ2v) is 6.75. The smallest absolute Gasteiger partial charge is 0.274 e. The van der Waals surface area contributed by atoms with Gasteiger partial charge in [0.25, 0.3) is 5.89 Å². The van der Waals surface area contributed by atoms with Crippen molar-refractivity contribution in [2.75, 3.05) is 5.01 Å². The number of carbonyl (C=O) groups excluding carboxylic acids is 1. The molecule has 136 valence electrons. The van der Waals surface area contributed by atoms with E-state index in [0.29, 0.717) is 17.2 Å². The molecule has 3 aromatic rings. The number of amides is 1. The summed E-state index contributed by atoms with van der Waals surface area (Å²) in [7, 11) is 0. The molecule has 1 aromatic heterocycles. The zero-order chi connectivity index (χ0) is 19.0. The van der Waals surface area contributed by atoms with Crippen LogP contribution in [0.2, 0.25) is 0 Å². The SMILES string of the molecule is NC(=O)C1CC(c2nc(-c3ccccc3Br)no2)=NN1c1ccc(F)cc1. The average Bonchev–Trinajstić information content (AvgIpc) is 3.30. The first-order valence-electron chi connectivity index (χ1n) is 8.03. The van der Waals surface area contributed by atoms with Gasteiger partial charge in [-0.2, -0.15) is 10.1 Å². The van der Waals surface area contributed by atoms with Crippen LogP contribution in [0.25, 0.3) is 11.4 Å². The number of hydrogen-bond acceptors (Lipinski definition) is 6. The van der Waals surface area contributed by atoms with Gasteiger partial charge < -0.3 is 10.3 Å². The predicted octanol–water partition coefficient (Wildman–Crippen LogP) is 3.11. The second kappa shape index (κ2) is 6.92. The molecule has 9 heteroatoms. The number of nitrogens with two attached hydrogens (primary N) is 1. The Hall–Kier alpha value is -3.07. The molecule has 0 fully saturated rings. The minimum Gasteiger partial charge on any atom is -0.368 e. The van der Waals surface area contributed by atoms with Crippen molar-refractivity contribution in [1.29, 1.82) is 0 Å². The van der Waals surface area contributed by atoms with Gasteiger partial charge in [-0.05, 0) is 36.4 Å². The minimum atomic E-state index is -0.718. The topological polar surface area (TPSA) is 97.6 Å². The van der Waals surface area contributed by atoms with Gasteiger partial charge in [0.15, 0.2) is 0 Å². The van der Waals surface area contributed by atoms with E-state index in [1.807, 2.05) is 24.3 Å². The van der Waals surface area contributed by atoms with E-state index in [2.05, 4.69) is 31.2 Å². The number of hydrazone groups is 1. The lowest BCUT2D eigenvalue weighted by atomic mass is 10.1. The Kier molecular flexibility index (Phi) is 4.44. The van der Waals surface area contributed by atoms with Crippen LogP contribution in [-0.4, -0.2) is 27.8 Å². The molecular formula is C18H13BrFN5O2. The molecule has 0 spiro atoms. The maximum atomic E-state index is 13.2. The molecule has 1 amide bonds. The highest BCUT2D eigenvalue weighted by Crippen LogP contribution is 2.29. The van der Waals surface area contributed by atoms with Crippen molar-refractivity contribution in [1.82, 2.24) is 10.1 Å². The standard InChI is InChI=1S/C18H13BrFN5O2/c19-13-4-2-1-3-12(13)17-22-18(27-24-17)14-9-15(16(21)26)25(23-14)11-7-5-10(20)6-8-11/h1-8,15H,9H2,(H2,21,26). The van der Waals surface area contributed by atoms with E-state index in [4.69, 9.17) is 10.3 Å². The van der Waals surface area contributed by atoms with Crippen LogP contribution in [0.4, 0.5) is 10.1 Å². The van der Waals surface area contributed by atoms with E-state index in [1.54, 1.807) is 0 Å². The van der Waals surface area contributed by atoms with Gasteiger partial charge >= 0.3 is 0 Å². The van der Waals surface area contributed by atoms with Crippen LogP contribution in [0.5, 0.6) is 0 Å². The van der Waals surface area contributed by atoms with E-state index < -0.39 is 11.9 Å². The first-order chi connectivity index (χ1) is 13.0. The summed E-state index contributed by atoms with van der Waals surface area (Å²) in [5, 5.41) is 9.84. The van der Waals surface area contributed by atoms with Crippen LogP contribution < -0.4 is 10.7 Å². The average molecular weight is 430 g/mol. The summed E-state index contributed by atoms with van der Waals surface area (Å²) in [4.78, 5) is 16.2. The van der Waals surface area contributed by atoms with Crippen LogP contribution in [0.15, 0.2) is 62.6 Å². The molecule has 7 nitrogen and oxygen atoms in total. The predicted molar refractivity (Wildman–Crippen MR) is 100 cm³/mol. The highest BCUT2D eigenvalue weighted by molar-refractivity contribution is 9.10. The third kappa shape index (κ3) is 3.33. The molecule has 1 unspecified atom stereocenters. The monoisotopic (exact) mass is 429 g/mol. The van der Waals surface area contributed by atoms with Gasteiger partial charge in [0.1, 0.15) is 17.6 Å². The molecule has 2 heterocycles. The van der Waals surface area contributed by atoms with Crippen LogP contribution in [0.3, 0.4) is 0 Å². The maximum Gasteiger partial charge on any atom is 0.274 e. The van der Waals surface area contributed by atoms with E-state index in [1.165, 1.54) is 29.3 Å². The zero-order valence-corrected chi connectivity index (χ0v) is 15.4. The molecule has 1 atom stereocenters. The Bertz CT molecular complexity index is 1030. The number of carbonyl (C=O) groups is 1. The van der Waals surface area contributed by atoms with Gasteiger partial charge in [-0.1, -0.05) is 33.2 Å². The molecule has 0 saturated carbocycles. The van der Waals surface area contributed by atoms with E-state index in [0.717, 1.165) is 10.0 Å². The lowest BCUT2D eigenvalue weighted by Crippen LogP contribution is -2.39. The lowest BCUT2D eigenvalue weighted by Gasteiger charge is -2.20. The Morgan fingerprint density at radius 2 is 1.96 bits per heavy atom. The fourth-order valence-corrected chi connectivity index (χ4v) is 3.25. The Morgan fingerprint density at radius 3 is 2.67 bits per heavy atom. The fourth-order valence-electron chi connectivity index (χ4n) is 2.79. The number of primary amides is 1. The quantitative estimate of drug-likeness (QED) is 0.686. The van der Waals surface area contributed by atoms with Gasteiger partial charge in [-0.3, -0.25) is 9.80 Å². The van der Waals surface area contributed by atoms with Crippen LogP contribution in [0.1, 0.15) is 12.3 Å². The van der Waals surface area contributed by atoms with Crippen LogP contribution in [-0.2, 0) is 4.79 Å². The summed E-state index contributed by atoms with van der Waals surface area (Å²) in [6, 6.07) is 12.4. The molecule has 4 rings (SSSR count). The molecule has 1 aliphatic rings. The molecule has 2 N–H and O–H groups in total. The number of anilines is 1. The highest BCUT2D eigenvalue weighted by atomic mass is 79.9. The molecule has 27 heavy (non-hydrogen) atoms. The Morgan fingerprint density at radius 1 is 1.22 bits per heavy atom. The number of rotatable bonds is 4. The van der Waals surface area contributed by atoms with Gasteiger partial charge in [0.05, 0.1) is 5.69 Å². The largest absolute Gasteiger partial charge is 0.368 e. The van der Waals surface area contributed by atoms with Gasteiger partial charge in [-0.15, -0.1) is 0 Å². The zero-order valence-electron chi connectivity index (χ0n) is 13.8. The van der Waals surface area contributed by atoms with Crippen LogP contribution >= 0.6 is 15.9 Å². The summed E-state index contributed by atoms with van der Waals surface area (Å²) in [6.45, 7) is 0. The summed E-state index contributed by atoms with van der Waals surface area (Å²) < 4.78 is 19.3. The van der Waals surface area contributed by atoms with Gasteiger partial charge in [0.2, 0.25) is 11.7 Å². The number of aromatic nitrogens is 2. The molecule has 0 bridgehead atoms. The van der Waals surface area contributed by atoms with E-state index in [9.17, 15) is 9.18 Å². The van der Waals surface area contributed by atoms with Crippen molar-refractivity contribution in [3.05, 3.63) is 64.7 Å². The Balaban J connectivity index is 1.68. The first kappa shape index (κ1) is 17.3. The van der Waals surface area contributed by atoms with Gasteiger partial charge in [-0.25, -0.2) is 4.39 Å². The molecule has 2 aromatic carbocycles. The molecule has 0 radical (unpaired) electrons. The Labute approximate surface area is 161 Å². The second-order valence-electron chi connectivity index (χ2n) is 5.89. The van der Waals surface area contributed by atoms with Gasteiger partial charge in [0, 0.05) is 16.5 Å². The first-order valence-corrected chi connectivity index (χ1v) is 8.83. The summed E-state index contributed by atoms with van der Waals surface area (Å²) >= 11 is 3.45. The summed E-state index contributed by atoms with van der Waals surface area (Å²) in [5.74, 6) is -0.330.